The summed E-state index contributed by atoms with van der Waals surface area (Å²) in [4.78, 5) is 29.4. The molecule has 1 aliphatic rings. The van der Waals surface area contributed by atoms with E-state index in [-0.39, 0.29) is 18.8 Å². The quantitative estimate of drug-likeness (QED) is 0.457. The maximum Gasteiger partial charge on any atom is 0.321 e. The number of pyridine rings is 1. The molecule has 0 aromatic carbocycles. The van der Waals surface area contributed by atoms with Gasteiger partial charge in [-0.2, -0.15) is 0 Å². The molecule has 0 radical (unpaired) electrons. The molecule has 0 saturated carbocycles. The van der Waals surface area contributed by atoms with Crippen molar-refractivity contribution in [3.63, 3.8) is 0 Å². The van der Waals surface area contributed by atoms with E-state index in [0.717, 1.165) is 5.69 Å². The van der Waals surface area contributed by atoms with E-state index in [1.165, 1.54) is 0 Å². The second-order valence-electron chi connectivity index (χ2n) is 5.23. The number of carbonyl (C=O) groups is 2. The number of hydrogen-bond acceptors (Lipinski definition) is 5. The molecule has 1 aliphatic heterocycles. The third-order valence-electron chi connectivity index (χ3n) is 3.75. The maximum absolute atomic E-state index is 12.6. The van der Waals surface area contributed by atoms with Crippen LogP contribution in [0.3, 0.4) is 0 Å². The van der Waals surface area contributed by atoms with E-state index >= 15 is 0 Å². The zero-order valence-corrected chi connectivity index (χ0v) is 13.7. The minimum atomic E-state index is -1.15. The van der Waals surface area contributed by atoms with Crippen LogP contribution in [0.25, 0.3) is 0 Å². The molecule has 1 aromatic heterocycles. The highest BCUT2D eigenvalue weighted by molar-refractivity contribution is 7.38. The predicted molar refractivity (Wildman–Crippen MR) is 86.7 cm³/mol. The molecule has 0 spiro atoms. The Morgan fingerprint density at radius 2 is 2.41 bits per heavy atom. The van der Waals surface area contributed by atoms with Crippen LogP contribution >= 0.6 is 8.73 Å². The highest BCUT2D eigenvalue weighted by atomic mass is 31.1. The molecule has 6 heteroatoms. The number of piperidine rings is 1. The normalized spacial score (nSPS) is 22.9. The monoisotopic (exact) mass is 320 g/mol. The number of ether oxygens (including phenoxy) is 1. The highest BCUT2D eigenvalue weighted by Gasteiger charge is 2.50. The highest BCUT2D eigenvalue weighted by Crippen LogP contribution is 2.36. The van der Waals surface area contributed by atoms with Crippen LogP contribution in [0, 0.1) is 5.41 Å². The van der Waals surface area contributed by atoms with Crippen LogP contribution in [-0.4, -0.2) is 41.1 Å². The van der Waals surface area contributed by atoms with Crippen molar-refractivity contribution in [2.45, 2.75) is 19.8 Å². The zero-order chi connectivity index (χ0) is 16.0. The average Bonchev–Trinajstić information content (AvgIpc) is 2.52. The third-order valence-corrected chi connectivity index (χ3v) is 4.68. The van der Waals surface area contributed by atoms with Crippen molar-refractivity contribution in [2.24, 2.45) is 5.41 Å². The van der Waals surface area contributed by atoms with Gasteiger partial charge in [-0.1, -0.05) is 18.5 Å². The van der Waals surface area contributed by atoms with Crippen LogP contribution < -0.4 is 0 Å². The summed E-state index contributed by atoms with van der Waals surface area (Å²) >= 11 is 0. The molecule has 2 atom stereocenters. The Morgan fingerprint density at radius 1 is 1.59 bits per heavy atom. The number of ketones is 1. The van der Waals surface area contributed by atoms with Gasteiger partial charge >= 0.3 is 5.97 Å². The van der Waals surface area contributed by atoms with Crippen LogP contribution in [0.4, 0.5) is 0 Å². The number of rotatable bonds is 6. The van der Waals surface area contributed by atoms with Gasteiger partial charge in [-0.15, -0.1) is 0 Å². The SMILES string of the molecule is C=CPN1CCC(=O)C(Cc2ccccn2)(C(=O)OCC)C1. The second-order valence-corrected chi connectivity index (χ2v) is 6.53. The molecular formula is C16H21N2O3P. The number of aromatic nitrogens is 1. The van der Waals surface area contributed by atoms with Gasteiger partial charge < -0.3 is 4.74 Å². The Morgan fingerprint density at radius 3 is 3.05 bits per heavy atom. The van der Waals surface area contributed by atoms with Gasteiger partial charge in [0.25, 0.3) is 0 Å². The Kier molecular flexibility index (Phi) is 5.81. The lowest BCUT2D eigenvalue weighted by molar-refractivity contribution is -0.162. The summed E-state index contributed by atoms with van der Waals surface area (Å²) in [5.74, 6) is 1.32. The van der Waals surface area contributed by atoms with Gasteiger partial charge in [0.2, 0.25) is 0 Å². The molecule has 1 fully saturated rings. The lowest BCUT2D eigenvalue weighted by Gasteiger charge is -2.38. The second kappa shape index (κ2) is 7.61. The molecule has 0 amide bonds. The summed E-state index contributed by atoms with van der Waals surface area (Å²) in [6.45, 7) is 6.79. The summed E-state index contributed by atoms with van der Waals surface area (Å²) in [6.07, 6.45) is 2.31. The van der Waals surface area contributed by atoms with E-state index in [2.05, 4.69) is 16.2 Å². The lowest BCUT2D eigenvalue weighted by atomic mass is 9.75. The summed E-state index contributed by atoms with van der Waals surface area (Å²) in [5, 5.41) is 0. The lowest BCUT2D eigenvalue weighted by Crippen LogP contribution is -2.53. The van der Waals surface area contributed by atoms with E-state index in [1.54, 1.807) is 13.1 Å². The van der Waals surface area contributed by atoms with Crippen LogP contribution in [0.2, 0.25) is 0 Å². The molecule has 2 heterocycles. The van der Waals surface area contributed by atoms with Gasteiger partial charge in [-0.05, 0) is 27.8 Å². The Balaban J connectivity index is 2.32. The first-order valence-electron chi connectivity index (χ1n) is 7.35. The molecule has 1 aromatic rings. The number of nitrogens with zero attached hydrogens (tertiary/aromatic N) is 2. The van der Waals surface area contributed by atoms with Crippen LogP contribution in [-0.2, 0) is 20.7 Å². The van der Waals surface area contributed by atoms with Crippen molar-refractivity contribution in [3.05, 3.63) is 42.5 Å². The van der Waals surface area contributed by atoms with Crippen molar-refractivity contribution < 1.29 is 14.3 Å². The van der Waals surface area contributed by atoms with E-state index < -0.39 is 11.4 Å². The van der Waals surface area contributed by atoms with Crippen LogP contribution in [0.1, 0.15) is 19.0 Å². The molecule has 2 rings (SSSR count). The summed E-state index contributed by atoms with van der Waals surface area (Å²) in [6, 6.07) is 5.51. The predicted octanol–water partition coefficient (Wildman–Crippen LogP) is 2.19. The van der Waals surface area contributed by atoms with Crippen molar-refractivity contribution in [2.75, 3.05) is 19.7 Å². The molecular weight excluding hydrogens is 299 g/mol. The fraction of sp³-hybridized carbons (Fsp3) is 0.438. The van der Waals surface area contributed by atoms with Crippen molar-refractivity contribution in [3.8, 4) is 0 Å². The fourth-order valence-corrected chi connectivity index (χ4v) is 3.55. The zero-order valence-electron chi connectivity index (χ0n) is 12.7. The van der Waals surface area contributed by atoms with Gasteiger partial charge in [-0.3, -0.25) is 19.2 Å². The summed E-state index contributed by atoms with van der Waals surface area (Å²) in [7, 11) is 0.393. The molecule has 0 bridgehead atoms. The molecule has 22 heavy (non-hydrogen) atoms. The smallest absolute Gasteiger partial charge is 0.321 e. The number of esters is 1. The van der Waals surface area contributed by atoms with Gasteiger partial charge in [0, 0.05) is 37.8 Å². The van der Waals surface area contributed by atoms with E-state index in [4.69, 9.17) is 4.74 Å². The van der Waals surface area contributed by atoms with Crippen molar-refractivity contribution >= 4 is 20.5 Å². The Labute approximate surface area is 132 Å². The van der Waals surface area contributed by atoms with E-state index in [9.17, 15) is 9.59 Å². The Bertz CT molecular complexity index is 550. The van der Waals surface area contributed by atoms with Crippen molar-refractivity contribution in [1.29, 1.82) is 0 Å². The van der Waals surface area contributed by atoms with E-state index in [0.29, 0.717) is 28.2 Å². The molecule has 5 nitrogen and oxygen atoms in total. The molecule has 0 N–H and O–H groups in total. The molecule has 118 valence electrons. The standard InChI is InChI=1S/C16H21N2O3P/c1-3-21-15(20)16(11-13-7-5-6-9-17-13)12-18(22-4-2)10-8-14(16)19/h4-7,9,22H,2-3,8,10-12H2,1H3. The Hall–Kier alpha value is -1.58. The summed E-state index contributed by atoms with van der Waals surface area (Å²) in [5.41, 5.74) is -0.425. The van der Waals surface area contributed by atoms with Gasteiger partial charge in [0.05, 0.1) is 6.61 Å². The van der Waals surface area contributed by atoms with Crippen LogP contribution in [0.15, 0.2) is 36.8 Å². The van der Waals surface area contributed by atoms with E-state index in [1.807, 2.05) is 24.0 Å². The van der Waals surface area contributed by atoms with Gasteiger partial charge in [0.1, 0.15) is 5.41 Å². The topological polar surface area (TPSA) is 59.5 Å². The fourth-order valence-electron chi connectivity index (χ4n) is 2.69. The van der Waals surface area contributed by atoms with Gasteiger partial charge in [-0.25, -0.2) is 0 Å². The average molecular weight is 320 g/mol. The minimum Gasteiger partial charge on any atom is -0.465 e. The first-order chi connectivity index (χ1) is 10.6. The summed E-state index contributed by atoms with van der Waals surface area (Å²) < 4.78 is 7.31. The van der Waals surface area contributed by atoms with Crippen LogP contribution in [0.5, 0.6) is 0 Å². The maximum atomic E-state index is 12.6. The first-order valence-corrected chi connectivity index (χ1v) is 8.37. The number of hydrogen-bond donors (Lipinski definition) is 0. The molecule has 1 saturated heterocycles. The van der Waals surface area contributed by atoms with Gasteiger partial charge in [0.15, 0.2) is 5.78 Å². The third kappa shape index (κ3) is 3.60. The first kappa shape index (κ1) is 16.8. The van der Waals surface area contributed by atoms with Crippen molar-refractivity contribution in [1.82, 2.24) is 9.65 Å². The largest absolute Gasteiger partial charge is 0.465 e. The number of Topliss-reactive ketones (excluding diaryl/α,β-unsaturated/α-hetero) is 1. The molecule has 0 aliphatic carbocycles. The molecule has 2 unspecified atom stereocenters. The number of carbonyl (C=O) groups excluding carboxylic acids is 2. The minimum absolute atomic E-state index is 0.0540.